The van der Waals surface area contributed by atoms with Crippen LogP contribution in [0, 0.1) is 6.92 Å². The van der Waals surface area contributed by atoms with Crippen LogP contribution in [0.15, 0.2) is 18.2 Å². The molecule has 0 aromatic heterocycles. The Morgan fingerprint density at radius 1 is 1.48 bits per heavy atom. The molecule has 0 bridgehead atoms. The lowest BCUT2D eigenvalue weighted by Crippen LogP contribution is -2.54. The van der Waals surface area contributed by atoms with E-state index in [1.807, 2.05) is 14.0 Å². The van der Waals surface area contributed by atoms with E-state index in [9.17, 15) is 4.79 Å². The van der Waals surface area contributed by atoms with Gasteiger partial charge in [-0.15, -0.1) is 0 Å². The second-order valence-electron chi connectivity index (χ2n) is 5.32. The van der Waals surface area contributed by atoms with Gasteiger partial charge in [-0.05, 0) is 44.2 Å². The molecule has 0 saturated carbocycles. The highest BCUT2D eigenvalue weighted by atomic mass is 16.5. The van der Waals surface area contributed by atoms with E-state index >= 15 is 0 Å². The Morgan fingerprint density at radius 3 is 2.95 bits per heavy atom. The average molecular weight is 291 g/mol. The highest BCUT2D eigenvalue weighted by molar-refractivity contribution is 5.85. The summed E-state index contributed by atoms with van der Waals surface area (Å²) in [6.45, 7) is 7.39. The zero-order valence-corrected chi connectivity index (χ0v) is 13.1. The summed E-state index contributed by atoms with van der Waals surface area (Å²) in [5, 5.41) is 6.06. The summed E-state index contributed by atoms with van der Waals surface area (Å²) in [7, 11) is 1.94. The highest BCUT2D eigenvalue weighted by Gasteiger charge is 2.29. The summed E-state index contributed by atoms with van der Waals surface area (Å²) in [6.07, 6.45) is 0. The second kappa shape index (κ2) is 7.43. The van der Waals surface area contributed by atoms with Crippen molar-refractivity contribution in [3.63, 3.8) is 0 Å². The van der Waals surface area contributed by atoms with Crippen molar-refractivity contribution in [3.05, 3.63) is 29.3 Å². The summed E-state index contributed by atoms with van der Waals surface area (Å²) in [4.78, 5) is 14.3. The number of carbonyl (C=O) groups is 1. The standard InChI is InChI=1S/C16H25N3O2/c1-4-18-16(20)15-11-21-8-7-19(15)14-6-5-13(10-17-3)12(2)9-14/h5-6,9,15,17H,4,7-8,10-11H2,1-3H3,(H,18,20). The SMILES string of the molecule is CCNC(=O)C1COCCN1c1ccc(CNC)c(C)c1. The fourth-order valence-electron chi connectivity index (χ4n) is 2.67. The number of carbonyl (C=O) groups excluding carboxylic acids is 1. The average Bonchev–Trinajstić information content (AvgIpc) is 2.50. The van der Waals surface area contributed by atoms with Crippen LogP contribution in [0.4, 0.5) is 5.69 Å². The van der Waals surface area contributed by atoms with Gasteiger partial charge in [-0.25, -0.2) is 0 Å². The number of anilines is 1. The van der Waals surface area contributed by atoms with E-state index in [2.05, 4.69) is 40.7 Å². The number of amides is 1. The molecule has 1 unspecified atom stereocenters. The molecule has 2 N–H and O–H groups in total. The van der Waals surface area contributed by atoms with Crippen molar-refractivity contribution in [2.24, 2.45) is 0 Å². The number of aryl methyl sites for hydroxylation is 1. The van der Waals surface area contributed by atoms with Crippen molar-refractivity contribution in [1.29, 1.82) is 0 Å². The third-order valence-electron chi connectivity index (χ3n) is 3.81. The van der Waals surface area contributed by atoms with Gasteiger partial charge in [-0.3, -0.25) is 4.79 Å². The molecule has 1 aromatic rings. The summed E-state index contributed by atoms with van der Waals surface area (Å²) in [5.74, 6) is 0.0363. The van der Waals surface area contributed by atoms with Crippen LogP contribution in [0.25, 0.3) is 0 Å². The summed E-state index contributed by atoms with van der Waals surface area (Å²) < 4.78 is 5.48. The van der Waals surface area contributed by atoms with E-state index in [-0.39, 0.29) is 11.9 Å². The van der Waals surface area contributed by atoms with E-state index in [1.54, 1.807) is 0 Å². The molecule has 1 fully saturated rings. The van der Waals surface area contributed by atoms with E-state index in [4.69, 9.17) is 4.74 Å². The minimum absolute atomic E-state index is 0.0363. The van der Waals surface area contributed by atoms with Gasteiger partial charge >= 0.3 is 0 Å². The van der Waals surface area contributed by atoms with Crippen LogP contribution in [-0.2, 0) is 16.1 Å². The Labute approximate surface area is 126 Å². The first-order valence-electron chi connectivity index (χ1n) is 7.53. The molecular formula is C16H25N3O2. The number of benzene rings is 1. The quantitative estimate of drug-likeness (QED) is 0.851. The lowest BCUT2D eigenvalue weighted by Gasteiger charge is -2.36. The first-order chi connectivity index (χ1) is 10.2. The van der Waals surface area contributed by atoms with Crippen LogP contribution in [0.1, 0.15) is 18.1 Å². The van der Waals surface area contributed by atoms with Gasteiger partial charge in [0.25, 0.3) is 0 Å². The summed E-state index contributed by atoms with van der Waals surface area (Å²) in [6, 6.07) is 6.14. The fraction of sp³-hybridized carbons (Fsp3) is 0.562. The predicted octanol–water partition coefficient (Wildman–Crippen LogP) is 1.06. The molecule has 1 aliphatic rings. The second-order valence-corrected chi connectivity index (χ2v) is 5.32. The maximum absolute atomic E-state index is 12.2. The van der Waals surface area contributed by atoms with E-state index in [1.165, 1.54) is 11.1 Å². The van der Waals surface area contributed by atoms with Crippen LogP contribution in [0.2, 0.25) is 0 Å². The maximum Gasteiger partial charge on any atom is 0.245 e. The van der Waals surface area contributed by atoms with Gasteiger partial charge in [-0.1, -0.05) is 6.07 Å². The zero-order chi connectivity index (χ0) is 15.2. The lowest BCUT2D eigenvalue weighted by molar-refractivity contribution is -0.124. The van der Waals surface area contributed by atoms with Crippen LogP contribution >= 0.6 is 0 Å². The largest absolute Gasteiger partial charge is 0.377 e. The van der Waals surface area contributed by atoms with Crippen LogP contribution < -0.4 is 15.5 Å². The Hall–Kier alpha value is -1.59. The summed E-state index contributed by atoms with van der Waals surface area (Å²) >= 11 is 0. The maximum atomic E-state index is 12.2. The Balaban J connectivity index is 2.21. The van der Waals surface area contributed by atoms with Gasteiger partial charge in [0.05, 0.1) is 13.2 Å². The normalized spacial score (nSPS) is 18.6. The zero-order valence-electron chi connectivity index (χ0n) is 13.1. The Bertz CT molecular complexity index is 490. The highest BCUT2D eigenvalue weighted by Crippen LogP contribution is 2.23. The molecule has 1 aliphatic heterocycles. The molecule has 116 valence electrons. The van der Waals surface area contributed by atoms with Crippen molar-refractivity contribution in [2.45, 2.75) is 26.4 Å². The van der Waals surface area contributed by atoms with Gasteiger partial charge < -0.3 is 20.3 Å². The number of hydrogen-bond acceptors (Lipinski definition) is 4. The number of hydrogen-bond donors (Lipinski definition) is 2. The first-order valence-corrected chi connectivity index (χ1v) is 7.53. The van der Waals surface area contributed by atoms with Gasteiger partial charge in [-0.2, -0.15) is 0 Å². The lowest BCUT2D eigenvalue weighted by atomic mass is 10.1. The van der Waals surface area contributed by atoms with Crippen molar-refractivity contribution >= 4 is 11.6 Å². The van der Waals surface area contributed by atoms with Crippen molar-refractivity contribution in [3.8, 4) is 0 Å². The molecule has 21 heavy (non-hydrogen) atoms. The Morgan fingerprint density at radius 2 is 2.29 bits per heavy atom. The number of morpholine rings is 1. The number of rotatable bonds is 5. The minimum Gasteiger partial charge on any atom is -0.377 e. The van der Waals surface area contributed by atoms with Gasteiger partial charge in [0.2, 0.25) is 5.91 Å². The van der Waals surface area contributed by atoms with Crippen LogP contribution in [0.5, 0.6) is 0 Å². The number of nitrogens with one attached hydrogen (secondary N) is 2. The number of likely N-dealkylation sites (N-methyl/N-ethyl adjacent to an activating group) is 1. The van der Waals surface area contributed by atoms with Gasteiger partial charge in [0.15, 0.2) is 0 Å². The van der Waals surface area contributed by atoms with Crippen LogP contribution in [0.3, 0.4) is 0 Å². The van der Waals surface area contributed by atoms with Crippen molar-refractivity contribution in [2.75, 3.05) is 38.3 Å². The Kier molecular flexibility index (Phi) is 5.59. The first kappa shape index (κ1) is 15.8. The van der Waals surface area contributed by atoms with E-state index in [0.29, 0.717) is 19.8 Å². The van der Waals surface area contributed by atoms with Gasteiger partial charge in [0.1, 0.15) is 6.04 Å². The molecule has 0 spiro atoms. The molecule has 2 rings (SSSR count). The van der Waals surface area contributed by atoms with E-state index in [0.717, 1.165) is 18.8 Å². The molecule has 0 aliphatic carbocycles. The molecule has 5 heteroatoms. The number of ether oxygens (including phenoxy) is 1. The minimum atomic E-state index is -0.242. The number of nitrogens with zero attached hydrogens (tertiary/aromatic N) is 1. The molecule has 5 nitrogen and oxygen atoms in total. The van der Waals surface area contributed by atoms with Crippen LogP contribution in [-0.4, -0.2) is 45.3 Å². The molecule has 1 amide bonds. The molecule has 1 heterocycles. The molecule has 1 aromatic carbocycles. The molecular weight excluding hydrogens is 266 g/mol. The molecule has 1 atom stereocenters. The summed E-state index contributed by atoms with van der Waals surface area (Å²) in [5.41, 5.74) is 3.61. The monoisotopic (exact) mass is 291 g/mol. The van der Waals surface area contributed by atoms with E-state index < -0.39 is 0 Å². The predicted molar refractivity (Wildman–Crippen MR) is 84.6 cm³/mol. The van der Waals surface area contributed by atoms with Crippen molar-refractivity contribution in [1.82, 2.24) is 10.6 Å². The smallest absolute Gasteiger partial charge is 0.245 e. The third kappa shape index (κ3) is 3.74. The fourth-order valence-corrected chi connectivity index (χ4v) is 2.67. The molecule has 0 radical (unpaired) electrons. The third-order valence-corrected chi connectivity index (χ3v) is 3.81. The van der Waals surface area contributed by atoms with Gasteiger partial charge in [0, 0.05) is 25.3 Å². The van der Waals surface area contributed by atoms with Crippen molar-refractivity contribution < 1.29 is 9.53 Å². The molecule has 1 saturated heterocycles. The topological polar surface area (TPSA) is 53.6 Å².